The number of hydrogen-bond donors (Lipinski definition) is 1. The second-order valence-corrected chi connectivity index (χ2v) is 5.00. The van der Waals surface area contributed by atoms with Gasteiger partial charge in [-0.1, -0.05) is 36.7 Å². The Morgan fingerprint density at radius 2 is 2.15 bits per heavy atom. The Bertz CT molecular complexity index is 586. The zero-order valence-corrected chi connectivity index (χ0v) is 12.7. The van der Waals surface area contributed by atoms with E-state index in [0.29, 0.717) is 0 Å². The molecule has 0 radical (unpaired) electrons. The van der Waals surface area contributed by atoms with Crippen LogP contribution in [-0.2, 0) is 0 Å². The quantitative estimate of drug-likeness (QED) is 0.910. The highest BCUT2D eigenvalue weighted by molar-refractivity contribution is 6.32. The van der Waals surface area contributed by atoms with E-state index in [1.807, 2.05) is 37.4 Å². The lowest BCUT2D eigenvalue weighted by molar-refractivity contribution is 0.411. The van der Waals surface area contributed by atoms with Crippen molar-refractivity contribution < 1.29 is 4.74 Å². The van der Waals surface area contributed by atoms with Gasteiger partial charge in [0.1, 0.15) is 5.75 Å². The Kier molecular flexibility index (Phi) is 4.99. The maximum atomic E-state index is 6.46. The van der Waals surface area contributed by atoms with Crippen LogP contribution in [0.15, 0.2) is 36.7 Å². The van der Waals surface area contributed by atoms with Crippen molar-refractivity contribution in [3.63, 3.8) is 0 Å². The lowest BCUT2D eigenvalue weighted by Crippen LogP contribution is -2.22. The number of aryl methyl sites for hydroxylation is 1. The predicted octanol–water partition coefficient (Wildman–Crippen LogP) is 3.75. The first-order valence-electron chi connectivity index (χ1n) is 6.64. The van der Waals surface area contributed by atoms with Crippen LogP contribution in [0, 0.1) is 6.92 Å². The number of nitrogens with zero attached hydrogens (tertiary/aromatic N) is 1. The third kappa shape index (κ3) is 3.11. The number of benzene rings is 1. The predicted molar refractivity (Wildman–Crippen MR) is 82.5 cm³/mol. The standard InChI is InChI=1S/C16H19ClN2O/c1-4-19-16(12-8-13(20-3)10-18-9-12)14-7-5-6-11(2)15(14)17/h5-10,16,19H,4H2,1-3H3. The van der Waals surface area contributed by atoms with E-state index in [9.17, 15) is 0 Å². The minimum atomic E-state index is 0.00926. The van der Waals surface area contributed by atoms with Crippen LogP contribution in [0.4, 0.5) is 0 Å². The first-order valence-corrected chi connectivity index (χ1v) is 7.02. The summed E-state index contributed by atoms with van der Waals surface area (Å²) in [6, 6.07) is 8.07. The molecule has 1 heterocycles. The van der Waals surface area contributed by atoms with Gasteiger partial charge >= 0.3 is 0 Å². The topological polar surface area (TPSA) is 34.2 Å². The van der Waals surface area contributed by atoms with Gasteiger partial charge in [-0.3, -0.25) is 4.98 Å². The fraction of sp³-hybridized carbons (Fsp3) is 0.312. The van der Waals surface area contributed by atoms with Gasteiger partial charge in [-0.05, 0) is 36.2 Å². The fourth-order valence-corrected chi connectivity index (χ4v) is 2.44. The lowest BCUT2D eigenvalue weighted by Gasteiger charge is -2.21. The molecule has 0 bridgehead atoms. The van der Waals surface area contributed by atoms with Crippen LogP contribution in [0.3, 0.4) is 0 Å². The largest absolute Gasteiger partial charge is 0.495 e. The molecule has 0 aliphatic rings. The first kappa shape index (κ1) is 14.8. The summed E-state index contributed by atoms with van der Waals surface area (Å²) in [4.78, 5) is 4.23. The molecule has 1 aromatic carbocycles. The monoisotopic (exact) mass is 290 g/mol. The molecule has 1 atom stereocenters. The fourth-order valence-electron chi connectivity index (χ4n) is 2.21. The summed E-state index contributed by atoms with van der Waals surface area (Å²) < 4.78 is 5.25. The van der Waals surface area contributed by atoms with Gasteiger partial charge in [-0.25, -0.2) is 0 Å². The Morgan fingerprint density at radius 3 is 2.85 bits per heavy atom. The molecule has 1 N–H and O–H groups in total. The van der Waals surface area contributed by atoms with Crippen LogP contribution in [0.25, 0.3) is 0 Å². The van der Waals surface area contributed by atoms with Crippen LogP contribution in [0.1, 0.15) is 29.7 Å². The molecule has 1 aromatic heterocycles. The highest BCUT2D eigenvalue weighted by atomic mass is 35.5. The van der Waals surface area contributed by atoms with Gasteiger partial charge in [0, 0.05) is 11.2 Å². The van der Waals surface area contributed by atoms with Crippen molar-refractivity contribution in [3.05, 3.63) is 58.4 Å². The minimum absolute atomic E-state index is 0.00926. The van der Waals surface area contributed by atoms with Gasteiger partial charge in [0.2, 0.25) is 0 Å². The van der Waals surface area contributed by atoms with E-state index in [2.05, 4.69) is 17.2 Å². The highest BCUT2D eigenvalue weighted by Gasteiger charge is 2.17. The molecule has 4 heteroatoms. The average Bonchev–Trinajstić information content (AvgIpc) is 2.48. The molecule has 0 fully saturated rings. The second-order valence-electron chi connectivity index (χ2n) is 4.63. The average molecular weight is 291 g/mol. The molecule has 1 unspecified atom stereocenters. The smallest absolute Gasteiger partial charge is 0.137 e. The number of halogens is 1. The zero-order valence-electron chi connectivity index (χ0n) is 12.0. The molecule has 2 aromatic rings. The summed E-state index contributed by atoms with van der Waals surface area (Å²) >= 11 is 6.46. The van der Waals surface area contributed by atoms with Gasteiger partial charge in [-0.15, -0.1) is 0 Å². The van der Waals surface area contributed by atoms with E-state index in [4.69, 9.17) is 16.3 Å². The number of aromatic nitrogens is 1. The molecule has 106 valence electrons. The zero-order chi connectivity index (χ0) is 14.5. The number of methoxy groups -OCH3 is 1. The molecular weight excluding hydrogens is 272 g/mol. The summed E-state index contributed by atoms with van der Waals surface area (Å²) in [5.74, 6) is 0.745. The Labute approximate surface area is 124 Å². The molecule has 20 heavy (non-hydrogen) atoms. The van der Waals surface area contributed by atoms with Crippen molar-refractivity contribution in [1.82, 2.24) is 10.3 Å². The van der Waals surface area contributed by atoms with E-state index in [-0.39, 0.29) is 6.04 Å². The number of nitrogens with one attached hydrogen (secondary N) is 1. The third-order valence-corrected chi connectivity index (χ3v) is 3.76. The highest BCUT2D eigenvalue weighted by Crippen LogP contribution is 2.31. The summed E-state index contributed by atoms with van der Waals surface area (Å²) in [6.45, 7) is 4.93. The summed E-state index contributed by atoms with van der Waals surface area (Å²) in [7, 11) is 1.64. The molecule has 0 aliphatic heterocycles. The van der Waals surface area contributed by atoms with E-state index < -0.39 is 0 Å². The normalized spacial score (nSPS) is 12.2. The Morgan fingerprint density at radius 1 is 1.35 bits per heavy atom. The van der Waals surface area contributed by atoms with Crippen molar-refractivity contribution in [2.75, 3.05) is 13.7 Å². The maximum Gasteiger partial charge on any atom is 0.137 e. The van der Waals surface area contributed by atoms with Crippen molar-refractivity contribution in [2.45, 2.75) is 19.9 Å². The van der Waals surface area contributed by atoms with E-state index in [1.54, 1.807) is 13.3 Å². The summed E-state index contributed by atoms with van der Waals surface area (Å²) in [5, 5.41) is 4.25. The van der Waals surface area contributed by atoms with Gasteiger partial charge in [0.05, 0.1) is 19.3 Å². The second kappa shape index (κ2) is 6.73. The SMILES string of the molecule is CCNC(c1cncc(OC)c1)c1cccc(C)c1Cl. The van der Waals surface area contributed by atoms with Gasteiger partial charge < -0.3 is 10.1 Å². The van der Waals surface area contributed by atoms with Crippen molar-refractivity contribution in [1.29, 1.82) is 0 Å². The first-order chi connectivity index (χ1) is 9.67. The molecule has 0 amide bonds. The number of rotatable bonds is 5. The molecule has 2 rings (SSSR count). The van der Waals surface area contributed by atoms with Crippen LogP contribution >= 0.6 is 11.6 Å². The van der Waals surface area contributed by atoms with Gasteiger partial charge in [-0.2, -0.15) is 0 Å². The minimum Gasteiger partial charge on any atom is -0.495 e. The van der Waals surface area contributed by atoms with Crippen molar-refractivity contribution in [3.8, 4) is 5.75 Å². The van der Waals surface area contributed by atoms with Gasteiger partial charge in [0.15, 0.2) is 0 Å². The third-order valence-electron chi connectivity index (χ3n) is 3.24. The Balaban J connectivity index is 2.47. The molecule has 3 nitrogen and oxygen atoms in total. The van der Waals surface area contributed by atoms with Crippen LogP contribution < -0.4 is 10.1 Å². The molecule has 0 aliphatic carbocycles. The van der Waals surface area contributed by atoms with E-state index in [1.165, 1.54) is 0 Å². The molecule has 0 saturated heterocycles. The van der Waals surface area contributed by atoms with Crippen LogP contribution in [0.5, 0.6) is 5.75 Å². The number of pyridine rings is 1. The maximum absolute atomic E-state index is 6.46. The Hall–Kier alpha value is -1.58. The number of hydrogen-bond acceptors (Lipinski definition) is 3. The summed E-state index contributed by atoms with van der Waals surface area (Å²) in [5.41, 5.74) is 3.17. The molecular formula is C16H19ClN2O. The molecule has 0 spiro atoms. The lowest BCUT2D eigenvalue weighted by atomic mass is 9.98. The van der Waals surface area contributed by atoms with Crippen molar-refractivity contribution in [2.24, 2.45) is 0 Å². The molecule has 0 saturated carbocycles. The van der Waals surface area contributed by atoms with Gasteiger partial charge in [0.25, 0.3) is 0 Å². The summed E-state index contributed by atoms with van der Waals surface area (Å²) in [6.07, 6.45) is 3.54. The van der Waals surface area contributed by atoms with Crippen molar-refractivity contribution >= 4 is 11.6 Å². The van der Waals surface area contributed by atoms with Crippen LogP contribution in [-0.4, -0.2) is 18.6 Å². The van der Waals surface area contributed by atoms with Crippen LogP contribution in [0.2, 0.25) is 5.02 Å². The number of ether oxygens (including phenoxy) is 1. The van der Waals surface area contributed by atoms with E-state index in [0.717, 1.165) is 34.0 Å². The van der Waals surface area contributed by atoms with E-state index >= 15 is 0 Å².